The smallest absolute Gasteiger partial charge is 0.298 e. The Morgan fingerprint density at radius 1 is 1.00 bits per heavy atom. The number of rotatable bonds is 6. The Balaban J connectivity index is 0.000000254. The molecule has 0 aliphatic rings. The summed E-state index contributed by atoms with van der Waals surface area (Å²) in [6.07, 6.45) is 1.20. The second-order valence-electron chi connectivity index (χ2n) is 5.65. The van der Waals surface area contributed by atoms with Gasteiger partial charge in [-0.2, -0.15) is 0 Å². The Bertz CT molecular complexity index is 722. The molecule has 0 saturated heterocycles. The third kappa shape index (κ3) is 6.54. The minimum absolute atomic E-state index is 0.0216. The van der Waals surface area contributed by atoms with Crippen molar-refractivity contribution >= 4 is 16.3 Å². The molecular formula is C19H24O4S. The van der Waals surface area contributed by atoms with Gasteiger partial charge in [0.1, 0.15) is 10.6 Å². The van der Waals surface area contributed by atoms with E-state index in [-0.39, 0.29) is 22.9 Å². The standard InChI is InChI=1S/C10H14.C9H10O4S/c1-9(2)8-10-6-4-3-5-7-10;1-2-14(11,12)9-6-4-3-5-8(9)13-7-10/h3-7,9H,8H2,1-2H3;3-7H,2H2,1H3. The molecule has 0 aromatic heterocycles. The van der Waals surface area contributed by atoms with Crippen molar-refractivity contribution in [3.8, 4) is 5.75 Å². The van der Waals surface area contributed by atoms with Gasteiger partial charge in [-0.15, -0.1) is 0 Å². The highest BCUT2D eigenvalue weighted by atomic mass is 32.2. The van der Waals surface area contributed by atoms with Gasteiger partial charge in [0.25, 0.3) is 6.47 Å². The van der Waals surface area contributed by atoms with Gasteiger partial charge in [0.15, 0.2) is 9.84 Å². The number of hydrogen-bond donors (Lipinski definition) is 0. The normalized spacial score (nSPS) is 10.7. The fraction of sp³-hybridized carbons (Fsp3) is 0.316. The van der Waals surface area contributed by atoms with E-state index in [4.69, 9.17) is 0 Å². The molecule has 0 saturated carbocycles. The van der Waals surface area contributed by atoms with Crippen LogP contribution in [0.4, 0.5) is 0 Å². The Kier molecular flexibility index (Phi) is 8.19. The van der Waals surface area contributed by atoms with E-state index < -0.39 is 9.84 Å². The highest BCUT2D eigenvalue weighted by Gasteiger charge is 2.16. The molecule has 5 heteroatoms. The van der Waals surface area contributed by atoms with Gasteiger partial charge in [-0.05, 0) is 30.0 Å². The lowest BCUT2D eigenvalue weighted by molar-refractivity contribution is -0.120. The van der Waals surface area contributed by atoms with Crippen molar-refractivity contribution in [2.75, 3.05) is 5.75 Å². The van der Waals surface area contributed by atoms with E-state index >= 15 is 0 Å². The third-order valence-corrected chi connectivity index (χ3v) is 4.99. The van der Waals surface area contributed by atoms with Crippen LogP contribution < -0.4 is 4.74 Å². The maximum atomic E-state index is 11.5. The van der Waals surface area contributed by atoms with Gasteiger partial charge in [-0.3, -0.25) is 4.79 Å². The van der Waals surface area contributed by atoms with Gasteiger partial charge in [0.05, 0.1) is 5.75 Å². The van der Waals surface area contributed by atoms with Gasteiger partial charge in [0, 0.05) is 0 Å². The molecule has 0 heterocycles. The van der Waals surface area contributed by atoms with Crippen LogP contribution in [-0.2, 0) is 21.1 Å². The van der Waals surface area contributed by atoms with Crippen LogP contribution in [0.25, 0.3) is 0 Å². The van der Waals surface area contributed by atoms with Crippen LogP contribution in [-0.4, -0.2) is 20.6 Å². The van der Waals surface area contributed by atoms with Crippen LogP contribution in [0.5, 0.6) is 5.75 Å². The maximum absolute atomic E-state index is 11.5. The van der Waals surface area contributed by atoms with Crippen molar-refractivity contribution in [3.05, 3.63) is 60.2 Å². The number of ether oxygens (including phenoxy) is 1. The fourth-order valence-electron chi connectivity index (χ4n) is 2.10. The quantitative estimate of drug-likeness (QED) is 0.743. The monoisotopic (exact) mass is 348 g/mol. The first-order valence-corrected chi connectivity index (χ1v) is 9.52. The molecule has 0 radical (unpaired) electrons. The van der Waals surface area contributed by atoms with Crippen molar-refractivity contribution in [2.45, 2.75) is 32.1 Å². The second-order valence-corrected chi connectivity index (χ2v) is 7.89. The van der Waals surface area contributed by atoms with Crippen molar-refractivity contribution in [1.82, 2.24) is 0 Å². The first-order chi connectivity index (χ1) is 11.4. The lowest BCUT2D eigenvalue weighted by atomic mass is 10.0. The summed E-state index contributed by atoms with van der Waals surface area (Å²) >= 11 is 0. The Morgan fingerprint density at radius 3 is 2.12 bits per heavy atom. The van der Waals surface area contributed by atoms with Crippen molar-refractivity contribution < 1.29 is 17.9 Å². The van der Waals surface area contributed by atoms with E-state index in [2.05, 4.69) is 48.9 Å². The molecule has 0 aliphatic heterocycles. The molecule has 130 valence electrons. The van der Waals surface area contributed by atoms with Gasteiger partial charge in [-0.1, -0.05) is 63.2 Å². The Hall–Kier alpha value is -2.14. The summed E-state index contributed by atoms with van der Waals surface area (Å²) < 4.78 is 27.6. The Labute approximate surface area is 144 Å². The summed E-state index contributed by atoms with van der Waals surface area (Å²) in [5.74, 6) is 0.818. The SMILES string of the molecule is CC(C)Cc1ccccc1.CCS(=O)(=O)c1ccccc1OC=O. The molecule has 0 aliphatic carbocycles. The van der Waals surface area contributed by atoms with E-state index in [1.165, 1.54) is 31.0 Å². The van der Waals surface area contributed by atoms with Gasteiger partial charge in [0.2, 0.25) is 0 Å². The van der Waals surface area contributed by atoms with Crippen LogP contribution in [0.3, 0.4) is 0 Å². The highest BCUT2D eigenvalue weighted by molar-refractivity contribution is 7.91. The molecule has 0 N–H and O–H groups in total. The molecule has 24 heavy (non-hydrogen) atoms. The molecule has 0 atom stereocenters. The van der Waals surface area contributed by atoms with Crippen molar-refractivity contribution in [2.24, 2.45) is 5.92 Å². The van der Waals surface area contributed by atoms with E-state index in [1.54, 1.807) is 12.1 Å². The Morgan fingerprint density at radius 2 is 1.58 bits per heavy atom. The molecule has 4 nitrogen and oxygen atoms in total. The largest absolute Gasteiger partial charge is 0.427 e. The van der Waals surface area contributed by atoms with Crippen LogP contribution in [0.15, 0.2) is 59.5 Å². The first kappa shape index (κ1) is 19.9. The molecule has 0 spiro atoms. The molecule has 0 fully saturated rings. The van der Waals surface area contributed by atoms with E-state index in [9.17, 15) is 13.2 Å². The van der Waals surface area contributed by atoms with Crippen molar-refractivity contribution in [1.29, 1.82) is 0 Å². The lowest BCUT2D eigenvalue weighted by Gasteiger charge is -2.05. The van der Waals surface area contributed by atoms with Gasteiger partial charge >= 0.3 is 0 Å². The van der Waals surface area contributed by atoms with E-state index in [0.717, 1.165) is 5.92 Å². The van der Waals surface area contributed by atoms with Crippen molar-refractivity contribution in [3.63, 3.8) is 0 Å². The molecule has 2 aromatic rings. The zero-order valence-electron chi connectivity index (χ0n) is 14.3. The maximum Gasteiger partial charge on any atom is 0.298 e. The lowest BCUT2D eigenvalue weighted by Crippen LogP contribution is -2.06. The number of sulfone groups is 1. The number of hydrogen-bond acceptors (Lipinski definition) is 4. The van der Waals surface area contributed by atoms with Gasteiger partial charge < -0.3 is 4.74 Å². The zero-order valence-corrected chi connectivity index (χ0v) is 15.1. The number of carbonyl (C=O) groups is 1. The number of para-hydroxylation sites is 1. The van der Waals surface area contributed by atoms with Gasteiger partial charge in [-0.25, -0.2) is 8.42 Å². The summed E-state index contributed by atoms with van der Waals surface area (Å²) in [5.41, 5.74) is 1.44. The topological polar surface area (TPSA) is 60.4 Å². The second kappa shape index (κ2) is 9.88. The molecule has 2 rings (SSSR count). The van der Waals surface area contributed by atoms with E-state index in [0.29, 0.717) is 0 Å². The summed E-state index contributed by atoms with van der Waals surface area (Å²) in [6, 6.07) is 16.7. The van der Waals surface area contributed by atoms with Crippen LogP contribution >= 0.6 is 0 Å². The average molecular weight is 348 g/mol. The predicted molar refractivity (Wildman–Crippen MR) is 95.8 cm³/mol. The predicted octanol–water partition coefficient (Wildman–Crippen LogP) is 3.90. The summed E-state index contributed by atoms with van der Waals surface area (Å²) in [4.78, 5) is 10.2. The summed E-state index contributed by atoms with van der Waals surface area (Å²) in [6.45, 7) is 6.23. The van der Waals surface area contributed by atoms with Crippen LogP contribution in [0.2, 0.25) is 0 Å². The molecule has 2 aromatic carbocycles. The summed E-state index contributed by atoms with van der Waals surface area (Å²) in [5, 5.41) is 0. The minimum Gasteiger partial charge on any atom is -0.427 e. The molecular weight excluding hydrogens is 324 g/mol. The average Bonchev–Trinajstić information content (AvgIpc) is 2.56. The first-order valence-electron chi connectivity index (χ1n) is 7.86. The molecule has 0 bridgehead atoms. The summed E-state index contributed by atoms with van der Waals surface area (Å²) in [7, 11) is -3.33. The highest BCUT2D eigenvalue weighted by Crippen LogP contribution is 2.23. The van der Waals surface area contributed by atoms with Crippen LogP contribution in [0, 0.1) is 5.92 Å². The van der Waals surface area contributed by atoms with Crippen LogP contribution in [0.1, 0.15) is 26.3 Å². The number of benzene rings is 2. The third-order valence-electron chi connectivity index (χ3n) is 3.23. The zero-order chi connectivity index (χ0) is 18.0. The molecule has 0 unspecified atom stereocenters. The number of carbonyl (C=O) groups excluding carboxylic acids is 1. The van der Waals surface area contributed by atoms with E-state index in [1.807, 2.05) is 0 Å². The molecule has 0 amide bonds. The fourth-order valence-corrected chi connectivity index (χ4v) is 3.12. The minimum atomic E-state index is -3.33.